The zero-order valence-corrected chi connectivity index (χ0v) is 8.14. The first-order valence-electron chi connectivity index (χ1n) is 4.06. The van der Waals surface area contributed by atoms with Gasteiger partial charge in [-0.3, -0.25) is 0 Å². The molecule has 0 aromatic carbocycles. The Labute approximate surface area is 82.5 Å². The maximum absolute atomic E-state index is 10.6. The van der Waals surface area contributed by atoms with E-state index in [2.05, 4.69) is 17.5 Å². The fourth-order valence-corrected chi connectivity index (χ4v) is 1.06. The van der Waals surface area contributed by atoms with E-state index in [9.17, 15) is 4.79 Å². The van der Waals surface area contributed by atoms with Crippen LogP contribution in [0.1, 0.15) is 19.3 Å². The summed E-state index contributed by atoms with van der Waals surface area (Å²) in [6.07, 6.45) is 2.05. The van der Waals surface area contributed by atoms with Crippen molar-refractivity contribution in [1.82, 2.24) is 5.32 Å². The van der Waals surface area contributed by atoms with Gasteiger partial charge in [0.05, 0.1) is 0 Å². The molecule has 6 heteroatoms. The summed E-state index contributed by atoms with van der Waals surface area (Å²) in [5.74, 6) is -0.940. The molecular formula is C7H15N3O2S. The predicted octanol–water partition coefficient (Wildman–Crippen LogP) is -0.598. The minimum Gasteiger partial charge on any atom is -0.480 e. The second-order valence-electron chi connectivity index (χ2n) is 2.68. The highest BCUT2D eigenvalue weighted by Gasteiger charge is 2.16. The number of carboxylic acids is 1. The van der Waals surface area contributed by atoms with Gasteiger partial charge in [0.15, 0.2) is 5.11 Å². The monoisotopic (exact) mass is 205 g/mol. The molecule has 5 nitrogen and oxygen atoms in total. The molecule has 0 amide bonds. The van der Waals surface area contributed by atoms with Crippen molar-refractivity contribution in [2.24, 2.45) is 11.5 Å². The molecule has 0 aromatic heterocycles. The molecule has 0 aliphatic carbocycles. The van der Waals surface area contributed by atoms with Gasteiger partial charge in [-0.25, -0.2) is 4.79 Å². The van der Waals surface area contributed by atoms with E-state index in [1.807, 2.05) is 0 Å². The Hall–Kier alpha value is -0.880. The van der Waals surface area contributed by atoms with Gasteiger partial charge in [-0.05, 0) is 38.0 Å². The van der Waals surface area contributed by atoms with E-state index in [0.29, 0.717) is 13.0 Å². The number of nitrogens with two attached hydrogens (primary N) is 2. The molecule has 1 atom stereocenters. The van der Waals surface area contributed by atoms with Crippen molar-refractivity contribution < 1.29 is 9.90 Å². The molecule has 0 bridgehead atoms. The summed E-state index contributed by atoms with van der Waals surface area (Å²) >= 11 is 4.55. The van der Waals surface area contributed by atoms with Crippen molar-refractivity contribution in [2.45, 2.75) is 25.3 Å². The Morgan fingerprint density at radius 1 is 1.54 bits per heavy atom. The summed E-state index contributed by atoms with van der Waals surface area (Å²) < 4.78 is 0. The zero-order valence-electron chi connectivity index (χ0n) is 7.32. The zero-order chi connectivity index (χ0) is 10.3. The largest absolute Gasteiger partial charge is 0.480 e. The Kier molecular flexibility index (Phi) is 6.17. The molecule has 0 heterocycles. The number of carboxylic acid groups (broad SMARTS) is 1. The maximum atomic E-state index is 10.6. The fraction of sp³-hybridized carbons (Fsp3) is 0.714. The van der Waals surface area contributed by atoms with Crippen molar-refractivity contribution in [1.29, 1.82) is 0 Å². The van der Waals surface area contributed by atoms with Crippen LogP contribution in [0.5, 0.6) is 0 Å². The van der Waals surface area contributed by atoms with Gasteiger partial charge in [-0.15, -0.1) is 0 Å². The van der Waals surface area contributed by atoms with Gasteiger partial charge in [0.2, 0.25) is 0 Å². The van der Waals surface area contributed by atoms with E-state index in [1.54, 1.807) is 0 Å². The van der Waals surface area contributed by atoms with Crippen molar-refractivity contribution in [3.8, 4) is 0 Å². The van der Waals surface area contributed by atoms with Gasteiger partial charge in [0.1, 0.15) is 6.04 Å². The van der Waals surface area contributed by atoms with E-state index in [4.69, 9.17) is 16.6 Å². The topological polar surface area (TPSA) is 101 Å². The van der Waals surface area contributed by atoms with E-state index >= 15 is 0 Å². The molecule has 0 aliphatic rings. The van der Waals surface area contributed by atoms with Crippen molar-refractivity contribution in [3.05, 3.63) is 0 Å². The van der Waals surface area contributed by atoms with Crippen molar-refractivity contribution >= 4 is 23.3 Å². The SMILES string of the molecule is NCCCC[C@H](NC(N)=S)C(=O)O. The standard InChI is InChI=1S/C7H15N3O2S/c8-4-2-1-3-5(6(11)12)10-7(9)13/h5H,1-4,8H2,(H,11,12)(H3,9,10,13)/t5-/m0/s1. The molecular weight excluding hydrogens is 190 g/mol. The summed E-state index contributed by atoms with van der Waals surface area (Å²) in [5.41, 5.74) is 10.4. The maximum Gasteiger partial charge on any atom is 0.326 e. The molecule has 0 radical (unpaired) electrons. The lowest BCUT2D eigenvalue weighted by Gasteiger charge is -2.13. The van der Waals surface area contributed by atoms with Crippen LogP contribution in [-0.4, -0.2) is 28.8 Å². The van der Waals surface area contributed by atoms with Gasteiger partial charge >= 0.3 is 5.97 Å². The number of hydrogen-bond acceptors (Lipinski definition) is 3. The number of carbonyl (C=O) groups is 1. The van der Waals surface area contributed by atoms with E-state index in [0.717, 1.165) is 12.8 Å². The Morgan fingerprint density at radius 3 is 2.54 bits per heavy atom. The van der Waals surface area contributed by atoms with Crippen molar-refractivity contribution in [2.75, 3.05) is 6.54 Å². The van der Waals surface area contributed by atoms with Crippen LogP contribution in [-0.2, 0) is 4.79 Å². The number of hydrogen-bond donors (Lipinski definition) is 4. The molecule has 0 spiro atoms. The Balaban J connectivity index is 3.81. The van der Waals surface area contributed by atoms with Crippen LogP contribution in [0.4, 0.5) is 0 Å². The van der Waals surface area contributed by atoms with Crippen LogP contribution >= 0.6 is 12.2 Å². The average molecular weight is 205 g/mol. The number of aliphatic carboxylic acids is 1. The number of rotatable bonds is 6. The third kappa shape index (κ3) is 6.30. The highest BCUT2D eigenvalue weighted by molar-refractivity contribution is 7.80. The molecule has 0 unspecified atom stereocenters. The highest BCUT2D eigenvalue weighted by atomic mass is 32.1. The van der Waals surface area contributed by atoms with Gasteiger partial charge in [-0.2, -0.15) is 0 Å². The first-order valence-corrected chi connectivity index (χ1v) is 4.47. The second-order valence-corrected chi connectivity index (χ2v) is 3.12. The minimum absolute atomic E-state index is 0.0140. The van der Waals surface area contributed by atoms with Crippen LogP contribution in [0.15, 0.2) is 0 Å². The third-order valence-electron chi connectivity index (χ3n) is 1.56. The average Bonchev–Trinajstić information content (AvgIpc) is 2.02. The van der Waals surface area contributed by atoms with Crippen LogP contribution in [0.2, 0.25) is 0 Å². The Bertz CT molecular complexity index is 187. The molecule has 76 valence electrons. The van der Waals surface area contributed by atoms with Crippen LogP contribution < -0.4 is 16.8 Å². The summed E-state index contributed by atoms with van der Waals surface area (Å²) in [6, 6.07) is -0.691. The number of unbranched alkanes of at least 4 members (excludes halogenated alkanes) is 1. The highest BCUT2D eigenvalue weighted by Crippen LogP contribution is 2.00. The Morgan fingerprint density at radius 2 is 2.15 bits per heavy atom. The molecule has 0 aromatic rings. The van der Waals surface area contributed by atoms with Crippen molar-refractivity contribution in [3.63, 3.8) is 0 Å². The van der Waals surface area contributed by atoms with E-state index in [1.165, 1.54) is 0 Å². The lowest BCUT2D eigenvalue weighted by Crippen LogP contribution is -2.43. The normalized spacial score (nSPS) is 12.1. The number of nitrogens with one attached hydrogen (secondary N) is 1. The fourth-order valence-electron chi connectivity index (χ4n) is 0.922. The third-order valence-corrected chi connectivity index (χ3v) is 1.68. The molecule has 0 aliphatic heterocycles. The van der Waals surface area contributed by atoms with Crippen LogP contribution in [0.3, 0.4) is 0 Å². The second kappa shape index (κ2) is 6.62. The van der Waals surface area contributed by atoms with Crippen LogP contribution in [0.25, 0.3) is 0 Å². The molecule has 6 N–H and O–H groups in total. The lowest BCUT2D eigenvalue weighted by molar-refractivity contribution is -0.139. The molecule has 0 rings (SSSR count). The summed E-state index contributed by atoms with van der Waals surface area (Å²) in [5, 5.41) is 11.2. The van der Waals surface area contributed by atoms with E-state index in [-0.39, 0.29) is 5.11 Å². The first-order chi connectivity index (χ1) is 6.07. The molecule has 0 saturated heterocycles. The first kappa shape index (κ1) is 12.1. The molecule has 0 saturated carbocycles. The number of thiocarbonyl (C=S) groups is 1. The smallest absolute Gasteiger partial charge is 0.326 e. The van der Waals surface area contributed by atoms with Gasteiger partial charge in [0.25, 0.3) is 0 Å². The molecule has 13 heavy (non-hydrogen) atoms. The van der Waals surface area contributed by atoms with Gasteiger partial charge < -0.3 is 21.9 Å². The predicted molar refractivity (Wildman–Crippen MR) is 54.3 cm³/mol. The minimum atomic E-state index is -0.940. The summed E-state index contributed by atoms with van der Waals surface area (Å²) in [7, 11) is 0. The van der Waals surface area contributed by atoms with Gasteiger partial charge in [0, 0.05) is 0 Å². The molecule has 0 fully saturated rings. The summed E-state index contributed by atoms with van der Waals surface area (Å²) in [6.45, 7) is 0.569. The van der Waals surface area contributed by atoms with Crippen LogP contribution in [0, 0.1) is 0 Å². The quantitative estimate of drug-likeness (QED) is 0.341. The van der Waals surface area contributed by atoms with Gasteiger partial charge in [-0.1, -0.05) is 0 Å². The summed E-state index contributed by atoms with van der Waals surface area (Å²) in [4.78, 5) is 10.6. The lowest BCUT2D eigenvalue weighted by atomic mass is 10.1. The van der Waals surface area contributed by atoms with E-state index < -0.39 is 12.0 Å².